The molecule has 92 heavy (non-hydrogen) atoms. The third-order valence-electron chi connectivity index (χ3n) is 11.7. The van der Waals surface area contributed by atoms with Crippen molar-refractivity contribution < 1.29 is 203 Å². The fraction of sp³-hybridized carbons (Fsp3) is 0.429. The molecule has 0 aliphatic rings. The molecule has 4 aromatic heterocycles. The molecular formula is C56H68Cl12Cu4N12O8. The molecule has 8 atom stereocenters. The van der Waals surface area contributed by atoms with E-state index in [2.05, 4.69) is 40.3 Å². The largest absolute Gasteiger partial charge is 1.00 e. The fourth-order valence-corrected chi connectivity index (χ4v) is 9.99. The summed E-state index contributed by atoms with van der Waals surface area (Å²) >= 11 is 46.4. The Balaban J connectivity index is -0.000000545. The van der Waals surface area contributed by atoms with Gasteiger partial charge < -0.3 is 99.3 Å². The summed E-state index contributed by atoms with van der Waals surface area (Å²) in [6.07, 6.45) is 7.08. The van der Waals surface area contributed by atoms with Gasteiger partial charge in [0, 0.05) is 0 Å². The molecule has 0 spiro atoms. The summed E-state index contributed by atoms with van der Waals surface area (Å²) in [5, 5.41) is 61.0. The molecule has 8 unspecified atom stereocenters. The van der Waals surface area contributed by atoms with Crippen LogP contribution in [0, 0.1) is 21.7 Å². The maximum atomic E-state index is 10.6. The molecule has 0 radical (unpaired) electrons. The van der Waals surface area contributed by atoms with E-state index in [1.165, 1.54) is 69.3 Å². The van der Waals surface area contributed by atoms with Crippen molar-refractivity contribution in [1.29, 1.82) is 0 Å². The van der Waals surface area contributed by atoms with Crippen LogP contribution >= 0.6 is 46.4 Å². The first kappa shape index (κ1) is 96.4. The summed E-state index contributed by atoms with van der Waals surface area (Å²) in [5.41, 5.74) is -2.02. The maximum absolute atomic E-state index is 10.6. The van der Waals surface area contributed by atoms with Crippen molar-refractivity contribution in [2.24, 2.45) is 21.7 Å². The number of nitrogens with zero attached hydrogens (tertiary/aromatic N) is 12. The van der Waals surface area contributed by atoms with Gasteiger partial charge in [-0.1, -0.05) is 0 Å². The molecule has 4 aromatic carbocycles. The molecule has 0 saturated heterocycles. The standard InChI is InChI=1S/4C14H17ClN3O2.8ClH.4Cu/c4*1-14(2,3)12(19)13(18-9-16-8-17-18)20-11-6-4-10(15)5-7-11;;;;;;;;;;;;/h4*4-9,12,19H,1-3H3;8*1H;;;;/q;;;;;;;;;;;;4*+2/p-8. The van der Waals surface area contributed by atoms with Crippen molar-refractivity contribution in [2.45, 2.75) is 126 Å². The average Bonchev–Trinajstić information content (AvgIpc) is 1.59. The number of aromatic nitrogens is 12. The van der Waals surface area contributed by atoms with E-state index in [1.54, 1.807) is 97.1 Å². The molecule has 0 aliphatic heterocycles. The zero-order chi connectivity index (χ0) is 62.7. The topological polar surface area (TPSA) is 241 Å². The van der Waals surface area contributed by atoms with Crippen molar-refractivity contribution >= 4 is 46.4 Å². The second-order valence-electron chi connectivity index (χ2n) is 22.9. The van der Waals surface area contributed by atoms with E-state index in [0.29, 0.717) is 43.1 Å². The van der Waals surface area contributed by atoms with E-state index in [1.807, 2.05) is 83.1 Å². The number of benzene rings is 4. The minimum Gasteiger partial charge on any atom is -1.00 e. The first-order valence-corrected chi connectivity index (χ1v) is 28.8. The van der Waals surface area contributed by atoms with Gasteiger partial charge in [0.2, 0.25) is 0 Å². The van der Waals surface area contributed by atoms with Gasteiger partial charge in [0.1, 0.15) is 0 Å². The first-order chi connectivity index (χ1) is 38.9. The van der Waals surface area contributed by atoms with Crippen LogP contribution < -0.4 is 118 Å². The van der Waals surface area contributed by atoms with E-state index < -0.39 is 64.6 Å². The minimum atomic E-state index is -1.52. The molecule has 4 heterocycles. The van der Waals surface area contributed by atoms with Crippen LogP contribution in [0.5, 0.6) is 23.0 Å². The number of ether oxygens (including phenoxy) is 4. The predicted molar refractivity (Wildman–Crippen MR) is 302 cm³/mol. The molecule has 8 rings (SSSR count). The van der Waals surface area contributed by atoms with Crippen LogP contribution in [0.1, 0.15) is 83.1 Å². The van der Waals surface area contributed by atoms with Crippen LogP contribution in [0.4, 0.5) is 0 Å². The number of hydrogen-bond donors (Lipinski definition) is 4. The smallest absolute Gasteiger partial charge is 1.00 e. The Hall–Kier alpha value is -1.96. The monoisotopic (exact) mass is 1710 g/mol. The van der Waals surface area contributed by atoms with E-state index >= 15 is 0 Å². The normalized spacial score (nSPS) is 14.9. The first-order valence-electron chi connectivity index (χ1n) is 25.4. The van der Waals surface area contributed by atoms with Gasteiger partial charge >= 0.3 is 547 Å². The zero-order valence-corrected chi connectivity index (χ0v) is 63.5. The van der Waals surface area contributed by atoms with Crippen LogP contribution in [-0.2, 0) is 82.5 Å². The van der Waals surface area contributed by atoms with Gasteiger partial charge in [-0.25, -0.2) is 0 Å². The van der Waals surface area contributed by atoms with Crippen molar-refractivity contribution in [1.82, 2.24) is 59.1 Å². The maximum Gasteiger partial charge on any atom is -1.00 e. The summed E-state index contributed by atoms with van der Waals surface area (Å²) < 4.78 is 22.6. The second-order valence-corrected chi connectivity index (χ2v) is 27.3. The Bertz CT molecular complexity index is 2790. The number of hydrogen-bond acceptors (Lipinski definition) is 16. The summed E-state index contributed by atoms with van der Waals surface area (Å²) in [5.74, 6) is 1.95. The Morgan fingerprint density at radius 1 is 0.304 bits per heavy atom. The molecule has 20 nitrogen and oxygen atoms in total. The quantitative estimate of drug-likeness (QED) is 0.0658. The molecule has 0 saturated carbocycles. The molecule has 0 aliphatic carbocycles. The average molecular weight is 1720 g/mol. The van der Waals surface area contributed by atoms with E-state index in [9.17, 15) is 20.4 Å². The van der Waals surface area contributed by atoms with Crippen LogP contribution in [0.2, 0.25) is 20.1 Å². The molecule has 528 valence electrons. The molecule has 36 heteroatoms. The van der Waals surface area contributed by atoms with Crippen molar-refractivity contribution in [3.63, 3.8) is 0 Å². The Morgan fingerprint density at radius 2 is 0.446 bits per heavy atom. The molecule has 8 aromatic rings. The van der Waals surface area contributed by atoms with Crippen LogP contribution in [0.25, 0.3) is 0 Å². The van der Waals surface area contributed by atoms with E-state index in [-0.39, 0.29) is 99.3 Å². The van der Waals surface area contributed by atoms with Gasteiger partial charge in [0.15, 0.2) is 0 Å². The Morgan fingerprint density at radius 3 is 0.554 bits per heavy atom. The molecule has 0 amide bonds. The Labute approximate surface area is 640 Å². The van der Waals surface area contributed by atoms with Crippen LogP contribution in [0.3, 0.4) is 0 Å². The van der Waals surface area contributed by atoms with E-state index in [4.69, 9.17) is 129 Å². The summed E-state index contributed by atoms with van der Waals surface area (Å²) in [6, 6.07) is 27.0. The third kappa shape index (κ3) is 26.7. The third-order valence-corrected chi connectivity index (χ3v) is 15.0. The molecule has 4 N–H and O–H groups in total. The number of rotatable bonds is 16. The SMILES string of the molecule is CC(C)(C)C(O)[C]([Cu+2])(Oc1ccc(Cl)cc1)n1cncn1.CC(C)(C)C(O)[C]([Cu+2])(Oc1ccc(Cl)cc1)n1cncn1.CC(C)(C)C(O)[C]([Cu+2])(Oc1ccc(Cl)cc1)n1cncn1.CC(C)(C)C(O)[C]([Cu+2])(Oc1ccc(Cl)cc1)n1cncn1.[Cl-].[Cl-].[Cl-].[Cl-].[Cl-].[Cl-].[Cl-].[Cl-]. The van der Waals surface area contributed by atoms with E-state index in [0.717, 1.165) is 0 Å². The number of aliphatic hydroxyl groups excluding tert-OH is 4. The molecule has 0 bridgehead atoms. The van der Waals surface area contributed by atoms with Gasteiger partial charge in [-0.2, -0.15) is 0 Å². The van der Waals surface area contributed by atoms with Crippen molar-refractivity contribution in [3.05, 3.63) is 168 Å². The van der Waals surface area contributed by atoms with Gasteiger partial charge in [-0.3, -0.25) is 0 Å². The number of halogens is 12. The van der Waals surface area contributed by atoms with Crippen LogP contribution in [-0.4, -0.2) is 104 Å². The summed E-state index contributed by atoms with van der Waals surface area (Å²) in [4.78, 5) is 15.5. The molecule has 0 fully saturated rings. The molecular weight excluding hydrogens is 1650 g/mol. The number of aliphatic hydroxyl groups is 4. The Kier molecular flexibility index (Phi) is 42.8. The predicted octanol–water partition coefficient (Wildman–Crippen LogP) is -13.7. The fourth-order valence-electron chi connectivity index (χ4n) is 6.98. The van der Waals surface area contributed by atoms with Gasteiger partial charge in [-0.15, -0.1) is 0 Å². The van der Waals surface area contributed by atoms with Crippen LogP contribution in [0.15, 0.2) is 148 Å². The summed E-state index contributed by atoms with van der Waals surface area (Å²) in [6.45, 7) is 22.5. The van der Waals surface area contributed by atoms with Gasteiger partial charge in [0.25, 0.3) is 0 Å². The van der Waals surface area contributed by atoms with Gasteiger partial charge in [0.05, 0.1) is 0 Å². The minimum absolute atomic E-state index is 0. The van der Waals surface area contributed by atoms with Crippen molar-refractivity contribution in [2.75, 3.05) is 0 Å². The summed E-state index contributed by atoms with van der Waals surface area (Å²) in [7, 11) is 0. The van der Waals surface area contributed by atoms with Gasteiger partial charge in [-0.05, 0) is 0 Å². The second kappa shape index (κ2) is 40.8. The zero-order valence-electron chi connectivity index (χ0n) is 50.7. The van der Waals surface area contributed by atoms with Crippen molar-refractivity contribution in [3.8, 4) is 23.0 Å².